The summed E-state index contributed by atoms with van der Waals surface area (Å²) in [6.45, 7) is 3.46. The van der Waals surface area contributed by atoms with Crippen LogP contribution in [0.25, 0.3) is 0 Å². The van der Waals surface area contributed by atoms with Crippen LogP contribution in [0.1, 0.15) is 23.7 Å². The van der Waals surface area contributed by atoms with Crippen LogP contribution in [0.2, 0.25) is 0 Å². The predicted molar refractivity (Wildman–Crippen MR) is 78.0 cm³/mol. The smallest absolute Gasteiger partial charge is 0.272 e. The van der Waals surface area contributed by atoms with Crippen LogP contribution >= 0.6 is 15.9 Å². The van der Waals surface area contributed by atoms with E-state index in [0.717, 1.165) is 10.9 Å². The third-order valence-electron chi connectivity index (χ3n) is 3.07. The van der Waals surface area contributed by atoms with Gasteiger partial charge in [0.1, 0.15) is 6.61 Å². The van der Waals surface area contributed by atoms with Gasteiger partial charge >= 0.3 is 0 Å². The molecule has 0 saturated carbocycles. The summed E-state index contributed by atoms with van der Waals surface area (Å²) in [5, 5.41) is 2.99. The lowest BCUT2D eigenvalue weighted by Gasteiger charge is -2.27. The van der Waals surface area contributed by atoms with Crippen molar-refractivity contribution in [1.82, 2.24) is 10.0 Å². The van der Waals surface area contributed by atoms with Crippen molar-refractivity contribution >= 4 is 27.7 Å². The Bertz CT molecular complexity index is 490. The van der Waals surface area contributed by atoms with Crippen LogP contribution in [0.5, 0.6) is 0 Å². The lowest BCUT2D eigenvalue weighted by molar-refractivity contribution is -0.145. The monoisotopic (exact) mass is 340 g/mol. The van der Waals surface area contributed by atoms with Gasteiger partial charge in [0.25, 0.3) is 11.8 Å². The highest BCUT2D eigenvalue weighted by Gasteiger charge is 2.31. The minimum absolute atomic E-state index is 0.0145. The lowest BCUT2D eigenvalue weighted by atomic mass is 10.2. The van der Waals surface area contributed by atoms with Crippen LogP contribution in [-0.4, -0.2) is 48.1 Å². The van der Waals surface area contributed by atoms with Gasteiger partial charge < -0.3 is 4.74 Å². The molecule has 0 spiro atoms. The predicted octanol–water partition coefficient (Wildman–Crippen LogP) is 2.08. The summed E-state index contributed by atoms with van der Waals surface area (Å²) in [7, 11) is 0. The van der Waals surface area contributed by atoms with Crippen molar-refractivity contribution in [3.05, 3.63) is 34.3 Å². The van der Waals surface area contributed by atoms with Gasteiger partial charge in [-0.3, -0.25) is 9.59 Å². The van der Waals surface area contributed by atoms with E-state index >= 15 is 0 Å². The Morgan fingerprint density at radius 1 is 1.20 bits per heavy atom. The second-order valence-electron chi connectivity index (χ2n) is 4.44. The summed E-state index contributed by atoms with van der Waals surface area (Å²) in [5.41, 5.74) is 0.573. The third-order valence-corrected chi connectivity index (χ3v) is 3.60. The highest BCUT2D eigenvalue weighted by molar-refractivity contribution is 9.10. The Balaban J connectivity index is 2.08. The Labute approximate surface area is 126 Å². The van der Waals surface area contributed by atoms with Crippen molar-refractivity contribution in [2.75, 3.05) is 26.3 Å². The van der Waals surface area contributed by atoms with Gasteiger partial charge in [-0.1, -0.05) is 15.9 Å². The highest BCUT2D eigenvalue weighted by atomic mass is 79.9. The number of rotatable bonds is 4. The summed E-state index contributed by atoms with van der Waals surface area (Å²) in [6, 6.07) is 7.12. The molecule has 0 N–H and O–H groups in total. The van der Waals surface area contributed by atoms with E-state index in [2.05, 4.69) is 15.9 Å². The topological polar surface area (TPSA) is 49.9 Å². The van der Waals surface area contributed by atoms with Crippen molar-refractivity contribution in [2.24, 2.45) is 0 Å². The van der Waals surface area contributed by atoms with Gasteiger partial charge in [0, 0.05) is 29.7 Å². The molecule has 0 aromatic heterocycles. The summed E-state index contributed by atoms with van der Waals surface area (Å²) in [5.74, 6) is -0.324. The first kappa shape index (κ1) is 15.0. The Morgan fingerprint density at radius 3 is 2.50 bits per heavy atom. The fraction of sp³-hybridized carbons (Fsp3) is 0.429. The molecule has 1 saturated heterocycles. The zero-order valence-corrected chi connectivity index (χ0v) is 12.9. The summed E-state index contributed by atoms with van der Waals surface area (Å²) < 4.78 is 6.04. The highest BCUT2D eigenvalue weighted by Crippen LogP contribution is 2.17. The Hall–Kier alpha value is -1.40. The number of halogens is 1. The van der Waals surface area contributed by atoms with Crippen LogP contribution in [0.15, 0.2) is 28.7 Å². The molecule has 5 nitrogen and oxygen atoms in total. The van der Waals surface area contributed by atoms with E-state index in [4.69, 9.17) is 4.74 Å². The molecule has 1 fully saturated rings. The van der Waals surface area contributed by atoms with Crippen LogP contribution in [0.3, 0.4) is 0 Å². The average Bonchev–Trinajstić information content (AvgIpc) is 2.94. The molecule has 6 heteroatoms. The number of amides is 2. The molecule has 108 valence electrons. The van der Waals surface area contributed by atoms with Crippen molar-refractivity contribution in [1.29, 1.82) is 0 Å². The van der Waals surface area contributed by atoms with Crippen LogP contribution in [0, 0.1) is 0 Å². The molecule has 0 atom stereocenters. The van der Waals surface area contributed by atoms with Gasteiger partial charge in [0.15, 0.2) is 0 Å². The van der Waals surface area contributed by atoms with E-state index in [1.165, 1.54) is 10.0 Å². The molecule has 0 unspecified atom stereocenters. The van der Waals surface area contributed by atoms with Gasteiger partial charge in [-0.25, -0.2) is 10.0 Å². The number of nitrogens with zero attached hydrogens (tertiary/aromatic N) is 2. The molecule has 0 radical (unpaired) electrons. The van der Waals surface area contributed by atoms with Gasteiger partial charge in [0.05, 0.1) is 0 Å². The van der Waals surface area contributed by atoms with Crippen molar-refractivity contribution < 1.29 is 14.3 Å². The SMILES string of the molecule is CCOCC(=O)N1CCCN1C(=O)c1ccc(Br)cc1. The van der Waals surface area contributed by atoms with E-state index < -0.39 is 0 Å². The number of hydrazine groups is 1. The van der Waals surface area contributed by atoms with Crippen molar-refractivity contribution in [2.45, 2.75) is 13.3 Å². The quantitative estimate of drug-likeness (QED) is 0.843. The second-order valence-corrected chi connectivity index (χ2v) is 5.36. The molecular weight excluding hydrogens is 324 g/mol. The Morgan fingerprint density at radius 2 is 1.85 bits per heavy atom. The molecule has 2 rings (SSSR count). The van der Waals surface area contributed by atoms with Crippen molar-refractivity contribution in [3.8, 4) is 0 Å². The normalized spacial score (nSPS) is 14.7. The molecule has 1 aromatic rings. The summed E-state index contributed by atoms with van der Waals surface area (Å²) in [4.78, 5) is 24.4. The molecule has 0 bridgehead atoms. The van der Waals surface area contributed by atoms with E-state index in [0.29, 0.717) is 25.3 Å². The fourth-order valence-corrected chi connectivity index (χ4v) is 2.35. The largest absolute Gasteiger partial charge is 0.372 e. The van der Waals surface area contributed by atoms with Crippen LogP contribution in [0.4, 0.5) is 0 Å². The minimum atomic E-state index is -0.171. The van der Waals surface area contributed by atoms with Gasteiger partial charge in [-0.15, -0.1) is 0 Å². The Kier molecular flexibility index (Phi) is 5.14. The molecule has 1 aliphatic heterocycles. The van der Waals surface area contributed by atoms with E-state index in [-0.39, 0.29) is 18.4 Å². The maximum atomic E-state index is 12.4. The number of hydrogen-bond donors (Lipinski definition) is 0. The molecule has 20 heavy (non-hydrogen) atoms. The zero-order valence-electron chi connectivity index (χ0n) is 11.3. The fourth-order valence-electron chi connectivity index (χ4n) is 2.09. The molecule has 2 amide bonds. The molecule has 1 heterocycles. The maximum Gasteiger partial charge on any atom is 0.272 e. The first-order valence-corrected chi connectivity index (χ1v) is 7.38. The number of benzene rings is 1. The van der Waals surface area contributed by atoms with Crippen LogP contribution < -0.4 is 0 Å². The van der Waals surface area contributed by atoms with Crippen LogP contribution in [-0.2, 0) is 9.53 Å². The number of carbonyl (C=O) groups is 2. The first-order valence-electron chi connectivity index (χ1n) is 6.59. The number of ether oxygens (including phenoxy) is 1. The first-order chi connectivity index (χ1) is 9.63. The van der Waals surface area contributed by atoms with Gasteiger partial charge in [0.2, 0.25) is 0 Å². The average molecular weight is 341 g/mol. The minimum Gasteiger partial charge on any atom is -0.372 e. The number of hydrogen-bond acceptors (Lipinski definition) is 3. The third kappa shape index (κ3) is 3.37. The molecule has 1 aliphatic rings. The van der Waals surface area contributed by atoms with E-state index in [9.17, 15) is 9.59 Å². The van der Waals surface area contributed by atoms with Gasteiger partial charge in [-0.2, -0.15) is 0 Å². The second kappa shape index (κ2) is 6.85. The molecular formula is C14H17BrN2O3. The van der Waals surface area contributed by atoms with Crippen molar-refractivity contribution in [3.63, 3.8) is 0 Å². The van der Waals surface area contributed by atoms with Gasteiger partial charge in [-0.05, 0) is 37.6 Å². The van der Waals surface area contributed by atoms with E-state index in [1.807, 2.05) is 19.1 Å². The zero-order chi connectivity index (χ0) is 14.5. The lowest BCUT2D eigenvalue weighted by Crippen LogP contribution is -2.46. The maximum absolute atomic E-state index is 12.4. The van der Waals surface area contributed by atoms with E-state index in [1.54, 1.807) is 12.1 Å². The standard InChI is InChI=1S/C14H17BrN2O3/c1-2-20-10-13(18)16-8-3-9-17(16)14(19)11-4-6-12(15)7-5-11/h4-7H,2-3,8-10H2,1H3. The summed E-state index contributed by atoms with van der Waals surface area (Å²) in [6.07, 6.45) is 0.792. The molecule has 1 aromatic carbocycles. The molecule has 0 aliphatic carbocycles. The summed E-state index contributed by atoms with van der Waals surface area (Å²) >= 11 is 3.34. The number of carbonyl (C=O) groups excluding carboxylic acids is 2.